The Kier molecular flexibility index (Phi) is 9.40. The maximum absolute atomic E-state index is 15.2. The van der Waals surface area contributed by atoms with Gasteiger partial charge in [0.25, 0.3) is 5.91 Å². The van der Waals surface area contributed by atoms with Crippen molar-refractivity contribution in [3.63, 3.8) is 0 Å². The molecule has 1 atom stereocenters. The van der Waals surface area contributed by atoms with Crippen LogP contribution in [0.25, 0.3) is 11.1 Å². The molecule has 1 saturated heterocycles. The molecule has 2 aliphatic rings. The highest BCUT2D eigenvalue weighted by Crippen LogP contribution is 2.34. The first-order valence-corrected chi connectivity index (χ1v) is 14.1. The molecule has 0 unspecified atom stereocenters. The number of carbonyl (C=O) groups excluding carboxylic acids is 1. The van der Waals surface area contributed by atoms with E-state index in [1.165, 1.54) is 17.8 Å². The van der Waals surface area contributed by atoms with Gasteiger partial charge in [0.2, 0.25) is 0 Å². The summed E-state index contributed by atoms with van der Waals surface area (Å²) in [5.74, 6) is -2.04. The van der Waals surface area contributed by atoms with Crippen molar-refractivity contribution in [2.75, 3.05) is 31.1 Å². The van der Waals surface area contributed by atoms with Gasteiger partial charge in [-0.05, 0) is 62.1 Å². The number of piperidine rings is 1. The summed E-state index contributed by atoms with van der Waals surface area (Å²) in [7, 11) is 0. The van der Waals surface area contributed by atoms with Gasteiger partial charge in [0.1, 0.15) is 18.2 Å². The first-order valence-electron chi connectivity index (χ1n) is 14.1. The number of aromatic nitrogens is 1. The third kappa shape index (κ3) is 6.27. The molecule has 0 aliphatic carbocycles. The number of aryl methyl sites for hydroxylation is 1. The second kappa shape index (κ2) is 12.9. The summed E-state index contributed by atoms with van der Waals surface area (Å²) in [4.78, 5) is 33.1. The largest absolute Gasteiger partial charge is 0.492 e. The highest BCUT2D eigenvalue weighted by molar-refractivity contribution is 5.95. The zero-order valence-electron chi connectivity index (χ0n) is 23.7. The second-order valence-electron chi connectivity index (χ2n) is 10.2. The van der Waals surface area contributed by atoms with E-state index in [4.69, 9.17) is 9.84 Å². The van der Waals surface area contributed by atoms with E-state index < -0.39 is 17.7 Å². The van der Waals surface area contributed by atoms with Gasteiger partial charge in [0.05, 0.1) is 22.9 Å². The van der Waals surface area contributed by atoms with Crippen molar-refractivity contribution < 1.29 is 23.8 Å². The molecule has 40 heavy (non-hydrogen) atoms. The number of carboxylic acids is 1. The van der Waals surface area contributed by atoms with Crippen molar-refractivity contribution in [1.82, 2.24) is 9.88 Å². The van der Waals surface area contributed by atoms with Crippen LogP contribution in [-0.4, -0.2) is 59.1 Å². The van der Waals surface area contributed by atoms with Gasteiger partial charge < -0.3 is 19.6 Å². The molecule has 2 aliphatic heterocycles. The summed E-state index contributed by atoms with van der Waals surface area (Å²) < 4.78 is 21.0. The van der Waals surface area contributed by atoms with Crippen LogP contribution in [0.2, 0.25) is 0 Å². The maximum atomic E-state index is 15.2. The fourth-order valence-electron chi connectivity index (χ4n) is 5.27. The molecule has 0 saturated carbocycles. The number of aliphatic carboxylic acids is 1. The van der Waals surface area contributed by atoms with Gasteiger partial charge in [-0.15, -0.1) is 0 Å². The van der Waals surface area contributed by atoms with E-state index in [-0.39, 0.29) is 18.1 Å². The number of likely N-dealkylation sites (tertiary alicyclic amines) is 1. The summed E-state index contributed by atoms with van der Waals surface area (Å²) in [5, 5.41) is 9.12. The Hall–Kier alpha value is -3.94. The average molecular weight is 548 g/mol. The molecule has 2 aromatic carbocycles. The van der Waals surface area contributed by atoms with Crippen LogP contribution >= 0.6 is 0 Å². The van der Waals surface area contributed by atoms with Gasteiger partial charge in [-0.25, -0.2) is 4.39 Å². The number of carboxylic acid groups (broad SMARTS) is 1. The molecule has 0 bridgehead atoms. The molecule has 5 rings (SSSR count). The molecule has 212 valence electrons. The van der Waals surface area contributed by atoms with Gasteiger partial charge in [0.15, 0.2) is 0 Å². The molecule has 8 heteroatoms. The number of hydrogen-bond acceptors (Lipinski definition) is 5. The predicted octanol–water partition coefficient (Wildman–Crippen LogP) is 5.99. The molecule has 1 aromatic heterocycles. The average Bonchev–Trinajstić information content (AvgIpc) is 3.39. The van der Waals surface area contributed by atoms with E-state index in [1.807, 2.05) is 20.0 Å². The van der Waals surface area contributed by atoms with E-state index >= 15 is 4.39 Å². The van der Waals surface area contributed by atoms with Crippen LogP contribution in [0.4, 0.5) is 10.1 Å². The maximum Gasteiger partial charge on any atom is 0.309 e. The number of rotatable bonds is 7. The number of amides is 1. The first-order chi connectivity index (χ1) is 19.3. The zero-order valence-corrected chi connectivity index (χ0v) is 23.7. The summed E-state index contributed by atoms with van der Waals surface area (Å²) in [6, 6.07) is 14.2. The lowest BCUT2D eigenvalue weighted by Crippen LogP contribution is -2.46. The first kappa shape index (κ1) is 29.1. The standard InChI is InChI=1S/C30H32FN3O4.C2H6/c1-19-15-27-26(32-17-19)11-14-34(27)22-9-12-33(13-10-22)29(35)24-8-7-21(16-25(24)31)23-5-3-4-6-28(23)38-18-20(2)30(36)37;1-2/h3-8,15-17,20,22H,9-14,18H2,1-2H3,(H,36,37);1-2H3/t20-;/m0./s1. The van der Waals surface area contributed by atoms with Gasteiger partial charge in [-0.2, -0.15) is 0 Å². The van der Waals surface area contributed by atoms with E-state index in [0.29, 0.717) is 36.0 Å². The van der Waals surface area contributed by atoms with Gasteiger partial charge in [-0.1, -0.05) is 38.1 Å². The molecule has 3 aromatic rings. The third-order valence-corrected chi connectivity index (χ3v) is 7.48. The third-order valence-electron chi connectivity index (χ3n) is 7.48. The fraction of sp³-hybridized carbons (Fsp3) is 0.406. The highest BCUT2D eigenvalue weighted by Gasteiger charge is 2.32. The number of pyridine rings is 1. The van der Waals surface area contributed by atoms with Crippen LogP contribution < -0.4 is 9.64 Å². The number of nitrogens with zero attached hydrogens (tertiary/aromatic N) is 3. The molecule has 0 radical (unpaired) electrons. The second-order valence-corrected chi connectivity index (χ2v) is 10.2. The van der Waals surface area contributed by atoms with Crippen molar-refractivity contribution in [1.29, 1.82) is 0 Å². The molecule has 0 spiro atoms. The van der Waals surface area contributed by atoms with Gasteiger partial charge >= 0.3 is 5.97 Å². The number of carbonyl (C=O) groups is 2. The Morgan fingerprint density at radius 2 is 1.82 bits per heavy atom. The van der Waals surface area contributed by atoms with Crippen molar-refractivity contribution in [3.05, 3.63) is 77.4 Å². The minimum Gasteiger partial charge on any atom is -0.492 e. The SMILES string of the molecule is CC.Cc1cnc2c(c1)N(C1CCN(C(=O)c3ccc(-c4ccccc4OC[C@H](C)C(=O)O)cc3F)CC1)CC2. The quantitative estimate of drug-likeness (QED) is 0.391. The van der Waals surface area contributed by atoms with Gasteiger partial charge in [0, 0.05) is 43.9 Å². The lowest BCUT2D eigenvalue weighted by Gasteiger charge is -2.38. The number of halogens is 1. The number of hydrogen-bond donors (Lipinski definition) is 1. The fourth-order valence-corrected chi connectivity index (χ4v) is 5.27. The van der Waals surface area contributed by atoms with E-state index in [0.717, 1.165) is 37.1 Å². The molecular weight excluding hydrogens is 509 g/mol. The van der Waals surface area contributed by atoms with Crippen LogP contribution in [-0.2, 0) is 11.2 Å². The molecule has 1 amide bonds. The Morgan fingerprint density at radius 1 is 1.10 bits per heavy atom. The normalized spacial score (nSPS) is 15.6. The lowest BCUT2D eigenvalue weighted by molar-refractivity contribution is -0.142. The van der Waals surface area contributed by atoms with E-state index in [2.05, 4.69) is 22.9 Å². The Bertz CT molecular complexity index is 1350. The summed E-state index contributed by atoms with van der Waals surface area (Å²) in [6.07, 6.45) is 4.52. The number of ether oxygens (including phenoxy) is 1. The smallest absolute Gasteiger partial charge is 0.309 e. The van der Waals surface area contributed by atoms with Crippen LogP contribution in [0, 0.1) is 18.7 Å². The van der Waals surface area contributed by atoms with Crippen molar-refractivity contribution in [3.8, 4) is 16.9 Å². The minimum atomic E-state index is -0.947. The lowest BCUT2D eigenvalue weighted by atomic mass is 10.00. The van der Waals surface area contributed by atoms with Gasteiger partial charge in [-0.3, -0.25) is 14.6 Å². The van der Waals surface area contributed by atoms with Crippen LogP contribution in [0.3, 0.4) is 0 Å². The summed E-state index contributed by atoms with van der Waals surface area (Å²) >= 11 is 0. The van der Waals surface area contributed by atoms with Crippen LogP contribution in [0.5, 0.6) is 5.75 Å². The summed E-state index contributed by atoms with van der Waals surface area (Å²) in [6.45, 7) is 9.72. The minimum absolute atomic E-state index is 0.000481. The predicted molar refractivity (Wildman–Crippen MR) is 154 cm³/mol. The van der Waals surface area contributed by atoms with Crippen molar-refractivity contribution in [2.24, 2.45) is 5.92 Å². The molecule has 3 heterocycles. The topological polar surface area (TPSA) is 83.0 Å². The van der Waals surface area contributed by atoms with Crippen LogP contribution in [0.15, 0.2) is 54.7 Å². The molecule has 7 nitrogen and oxygen atoms in total. The monoisotopic (exact) mass is 547 g/mol. The zero-order chi connectivity index (χ0) is 28.8. The molecular formula is C32H38FN3O4. The Morgan fingerprint density at radius 3 is 2.52 bits per heavy atom. The van der Waals surface area contributed by atoms with E-state index in [9.17, 15) is 9.59 Å². The number of fused-ring (bicyclic) bond motifs is 1. The number of benzene rings is 2. The number of para-hydroxylation sites is 1. The molecule has 1 N–H and O–H groups in total. The van der Waals surface area contributed by atoms with Crippen molar-refractivity contribution in [2.45, 2.75) is 53.0 Å². The number of anilines is 1. The van der Waals surface area contributed by atoms with E-state index in [1.54, 1.807) is 42.2 Å². The summed E-state index contributed by atoms with van der Waals surface area (Å²) in [5.41, 5.74) is 4.74. The Labute approximate surface area is 235 Å². The molecule has 1 fully saturated rings. The van der Waals surface area contributed by atoms with Crippen molar-refractivity contribution >= 4 is 17.6 Å². The van der Waals surface area contributed by atoms with Crippen LogP contribution in [0.1, 0.15) is 55.2 Å². The highest BCUT2D eigenvalue weighted by atomic mass is 19.1. The Balaban J connectivity index is 0.00000181.